The quantitative estimate of drug-likeness (QED) is 0.270. The highest BCUT2D eigenvalue weighted by Crippen LogP contribution is 2.77. The SMILES string of the molecule is C=C(C)[C@@H]1CC[C@]2(C(=O)OCCN3CCCCC3)CC[C@]3(C)[C@H](CC[C@@H]4[C@@]5(C)CC[C@H](O)C(C)(C)[C@@H]5CC[C@]43C)[C@@H]12. The van der Waals surface area contributed by atoms with Crippen molar-refractivity contribution in [1.29, 1.82) is 0 Å². The summed E-state index contributed by atoms with van der Waals surface area (Å²) in [7, 11) is 0. The summed E-state index contributed by atoms with van der Waals surface area (Å²) in [6.07, 6.45) is 15.0. The molecule has 0 aromatic carbocycles. The number of allylic oxidation sites excluding steroid dienone is 1. The summed E-state index contributed by atoms with van der Waals surface area (Å²) >= 11 is 0. The number of aliphatic hydroxyl groups is 1. The maximum Gasteiger partial charge on any atom is 0.312 e. The first-order chi connectivity index (χ1) is 19.3. The fourth-order valence-corrected chi connectivity index (χ4v) is 13.1. The molecule has 0 bridgehead atoms. The maximum atomic E-state index is 14.2. The normalized spacial score (nSPS) is 49.2. The van der Waals surface area contributed by atoms with Crippen molar-refractivity contribution >= 4 is 5.97 Å². The number of hydrogen-bond acceptors (Lipinski definition) is 4. The Bertz CT molecular complexity index is 1030. The summed E-state index contributed by atoms with van der Waals surface area (Å²) in [4.78, 5) is 16.7. The fraction of sp³-hybridized carbons (Fsp3) is 0.919. The number of likely N-dealkylation sites (tertiary alicyclic amines) is 1. The van der Waals surface area contributed by atoms with E-state index in [1.807, 2.05) is 0 Å². The number of piperidine rings is 1. The number of carbonyl (C=O) groups is 1. The molecule has 0 radical (unpaired) electrons. The molecule has 1 heterocycles. The molecule has 5 saturated carbocycles. The van der Waals surface area contributed by atoms with Crippen LogP contribution in [0, 0.1) is 56.7 Å². The van der Waals surface area contributed by atoms with Crippen LogP contribution >= 0.6 is 0 Å². The van der Waals surface area contributed by atoms with Crippen molar-refractivity contribution in [2.75, 3.05) is 26.2 Å². The number of hydrogen-bond donors (Lipinski definition) is 1. The third kappa shape index (κ3) is 4.29. The Morgan fingerprint density at radius 1 is 0.854 bits per heavy atom. The molecule has 232 valence electrons. The van der Waals surface area contributed by atoms with Crippen molar-refractivity contribution in [3.8, 4) is 0 Å². The lowest BCUT2D eigenvalue weighted by Gasteiger charge is -2.72. The van der Waals surface area contributed by atoms with Gasteiger partial charge in [-0.15, -0.1) is 0 Å². The van der Waals surface area contributed by atoms with E-state index in [0.29, 0.717) is 36.2 Å². The summed E-state index contributed by atoms with van der Waals surface area (Å²) in [5.74, 6) is 2.76. The highest BCUT2D eigenvalue weighted by atomic mass is 16.5. The van der Waals surface area contributed by atoms with Gasteiger partial charge < -0.3 is 9.84 Å². The number of ether oxygens (including phenoxy) is 1. The van der Waals surface area contributed by atoms with Gasteiger partial charge in [0.15, 0.2) is 0 Å². The molecular weight excluding hydrogens is 506 g/mol. The Labute approximate surface area is 251 Å². The van der Waals surface area contributed by atoms with Gasteiger partial charge in [-0.05, 0) is 148 Å². The first-order valence-electron chi connectivity index (χ1n) is 17.5. The summed E-state index contributed by atoms with van der Waals surface area (Å²) in [6.45, 7) is 23.1. The summed E-state index contributed by atoms with van der Waals surface area (Å²) in [5, 5.41) is 11.0. The van der Waals surface area contributed by atoms with E-state index in [4.69, 9.17) is 4.74 Å². The lowest BCUT2D eigenvalue weighted by Crippen LogP contribution is -2.67. The molecule has 41 heavy (non-hydrogen) atoms. The van der Waals surface area contributed by atoms with Crippen LogP contribution in [0.5, 0.6) is 0 Å². The van der Waals surface area contributed by atoms with Gasteiger partial charge in [-0.2, -0.15) is 0 Å². The highest BCUT2D eigenvalue weighted by Gasteiger charge is 2.72. The Morgan fingerprint density at radius 3 is 2.29 bits per heavy atom. The van der Waals surface area contributed by atoms with Crippen LogP contribution < -0.4 is 0 Å². The number of carbonyl (C=O) groups excluding carboxylic acids is 1. The molecular formula is C37H61NO3. The van der Waals surface area contributed by atoms with Crippen LogP contribution in [0.4, 0.5) is 0 Å². The van der Waals surface area contributed by atoms with Crippen LogP contribution in [0.3, 0.4) is 0 Å². The maximum absolute atomic E-state index is 14.2. The van der Waals surface area contributed by atoms with Crippen LogP contribution in [-0.2, 0) is 9.53 Å². The van der Waals surface area contributed by atoms with E-state index in [-0.39, 0.29) is 39.1 Å². The van der Waals surface area contributed by atoms with Gasteiger partial charge in [0.2, 0.25) is 0 Å². The molecule has 4 nitrogen and oxygen atoms in total. The monoisotopic (exact) mass is 567 g/mol. The average molecular weight is 568 g/mol. The third-order valence-corrected chi connectivity index (χ3v) is 15.5. The summed E-state index contributed by atoms with van der Waals surface area (Å²) in [6, 6.07) is 0. The minimum atomic E-state index is -0.322. The first kappa shape index (κ1) is 30.2. The molecule has 0 spiro atoms. The van der Waals surface area contributed by atoms with Crippen molar-refractivity contribution in [3.05, 3.63) is 12.2 Å². The standard InChI is InChI=1S/C37H61NO3/c1-25(2)26-13-18-37(32(40)41-24-23-38-21-9-8-10-22-38)20-19-35(6)27(31(26)37)11-12-29-34(5)16-15-30(39)33(3,4)28(34)14-17-36(29,35)7/h26-31,39H,1,8-24H2,2-7H3/t26-,27+,28-,29+,30-,31+,34-,35+,36+,37-/m0/s1. The van der Waals surface area contributed by atoms with E-state index in [2.05, 4.69) is 53.0 Å². The van der Waals surface area contributed by atoms with Gasteiger partial charge in [0.25, 0.3) is 0 Å². The van der Waals surface area contributed by atoms with Crippen molar-refractivity contribution < 1.29 is 14.6 Å². The molecule has 10 atom stereocenters. The summed E-state index contributed by atoms with van der Waals surface area (Å²) in [5.41, 5.74) is 1.73. The zero-order valence-corrected chi connectivity index (χ0v) is 27.4. The molecule has 0 aromatic heterocycles. The second-order valence-corrected chi connectivity index (χ2v) is 17.3. The molecule has 5 aliphatic carbocycles. The van der Waals surface area contributed by atoms with E-state index in [9.17, 15) is 9.90 Å². The van der Waals surface area contributed by atoms with Crippen molar-refractivity contribution in [1.82, 2.24) is 4.90 Å². The second kappa shape index (κ2) is 10.4. The molecule has 1 N–H and O–H groups in total. The Morgan fingerprint density at radius 2 is 1.59 bits per heavy atom. The first-order valence-corrected chi connectivity index (χ1v) is 17.5. The van der Waals surface area contributed by atoms with Gasteiger partial charge in [-0.3, -0.25) is 9.69 Å². The van der Waals surface area contributed by atoms with Crippen molar-refractivity contribution in [3.63, 3.8) is 0 Å². The van der Waals surface area contributed by atoms with Gasteiger partial charge >= 0.3 is 5.97 Å². The Kier molecular flexibility index (Phi) is 7.62. The molecule has 0 unspecified atom stereocenters. The number of aliphatic hydroxyl groups excluding tert-OH is 1. The Balaban J connectivity index is 1.28. The van der Waals surface area contributed by atoms with Gasteiger partial charge in [0, 0.05) is 6.54 Å². The summed E-state index contributed by atoms with van der Waals surface area (Å²) < 4.78 is 6.25. The van der Waals surface area contributed by atoms with E-state index >= 15 is 0 Å². The zero-order valence-electron chi connectivity index (χ0n) is 27.4. The molecule has 6 aliphatic rings. The van der Waals surface area contributed by atoms with E-state index < -0.39 is 0 Å². The minimum absolute atomic E-state index is 0.0116. The predicted molar refractivity (Wildman–Crippen MR) is 166 cm³/mol. The average Bonchev–Trinajstić information content (AvgIpc) is 3.33. The van der Waals surface area contributed by atoms with Crippen molar-refractivity contribution in [2.45, 2.75) is 131 Å². The van der Waals surface area contributed by atoms with E-state index in [0.717, 1.165) is 58.2 Å². The fourth-order valence-electron chi connectivity index (χ4n) is 13.1. The van der Waals surface area contributed by atoms with Crippen LogP contribution in [-0.4, -0.2) is 48.3 Å². The van der Waals surface area contributed by atoms with Gasteiger partial charge in [-0.1, -0.05) is 53.2 Å². The van der Waals surface area contributed by atoms with Crippen LogP contribution in [0.2, 0.25) is 0 Å². The topological polar surface area (TPSA) is 49.8 Å². The highest BCUT2D eigenvalue weighted by molar-refractivity contribution is 5.78. The number of esters is 1. The predicted octanol–water partition coefficient (Wildman–Crippen LogP) is 8.03. The van der Waals surface area contributed by atoms with Gasteiger partial charge in [0.05, 0.1) is 11.5 Å². The lowest BCUT2D eigenvalue weighted by molar-refractivity contribution is -0.248. The smallest absolute Gasteiger partial charge is 0.312 e. The molecule has 4 heteroatoms. The van der Waals surface area contributed by atoms with E-state index in [1.165, 1.54) is 50.5 Å². The molecule has 1 aliphatic heterocycles. The second-order valence-electron chi connectivity index (χ2n) is 17.3. The van der Waals surface area contributed by atoms with Crippen LogP contribution in [0.15, 0.2) is 12.2 Å². The molecule has 6 fully saturated rings. The lowest BCUT2D eigenvalue weighted by atomic mass is 9.32. The minimum Gasteiger partial charge on any atom is -0.464 e. The van der Waals surface area contributed by atoms with Crippen molar-refractivity contribution in [2.24, 2.45) is 56.7 Å². The van der Waals surface area contributed by atoms with Gasteiger partial charge in [-0.25, -0.2) is 0 Å². The van der Waals surface area contributed by atoms with E-state index in [1.54, 1.807) is 0 Å². The van der Waals surface area contributed by atoms with Crippen LogP contribution in [0.25, 0.3) is 0 Å². The van der Waals surface area contributed by atoms with Gasteiger partial charge in [0.1, 0.15) is 6.61 Å². The zero-order chi connectivity index (χ0) is 29.4. The molecule has 0 aromatic rings. The number of fused-ring (bicyclic) bond motifs is 7. The molecule has 1 saturated heterocycles. The number of nitrogens with zero attached hydrogens (tertiary/aromatic N) is 1. The Hall–Kier alpha value is -0.870. The number of rotatable bonds is 5. The van der Waals surface area contributed by atoms with Crippen LogP contribution in [0.1, 0.15) is 125 Å². The third-order valence-electron chi connectivity index (χ3n) is 15.5. The molecule has 6 rings (SSSR count). The largest absolute Gasteiger partial charge is 0.464 e. The molecule has 0 amide bonds.